The molecule has 11 heteroatoms. The normalized spacial score (nSPS) is 18.3. The molecule has 6 rings (SSSR count). The average molecular weight is 529 g/mol. The summed E-state index contributed by atoms with van der Waals surface area (Å²) in [5.41, 5.74) is 6.26. The van der Waals surface area contributed by atoms with Gasteiger partial charge in [-0.15, -0.1) is 11.3 Å². The molecule has 1 aromatic heterocycles. The van der Waals surface area contributed by atoms with Gasteiger partial charge in [-0.05, 0) is 29.3 Å². The number of Topliss-reactive ketones (excluding diaryl/α,β-unsaturated/α-hetero) is 1. The van der Waals surface area contributed by atoms with Crippen LogP contribution >= 0.6 is 11.3 Å². The number of benzene rings is 2. The Morgan fingerprint density at radius 2 is 1.82 bits per heavy atom. The molecule has 0 spiro atoms. The molecule has 1 unspecified atom stereocenters. The van der Waals surface area contributed by atoms with Gasteiger partial charge in [0.05, 0.1) is 46.3 Å². The number of carbonyl (C=O) groups excluding carboxylic acids is 3. The predicted octanol–water partition coefficient (Wildman–Crippen LogP) is 4.41. The number of rotatable bonds is 6. The van der Waals surface area contributed by atoms with Crippen molar-refractivity contribution in [2.24, 2.45) is 10.2 Å². The number of ether oxygens (including phenoxy) is 1. The van der Waals surface area contributed by atoms with Crippen LogP contribution in [0.2, 0.25) is 0 Å². The first kappa shape index (κ1) is 24.2. The third-order valence-electron chi connectivity index (χ3n) is 6.49. The van der Waals surface area contributed by atoms with Crippen LogP contribution in [0, 0.1) is 0 Å². The highest BCUT2D eigenvalue weighted by Crippen LogP contribution is 2.50. The van der Waals surface area contributed by atoms with E-state index >= 15 is 0 Å². The molecule has 38 heavy (non-hydrogen) atoms. The Balaban J connectivity index is 1.19. The van der Waals surface area contributed by atoms with Crippen LogP contribution in [-0.4, -0.2) is 49.0 Å². The van der Waals surface area contributed by atoms with Crippen molar-refractivity contribution in [2.45, 2.75) is 12.5 Å². The fraction of sp³-hybridized carbons (Fsp3) is 0.222. The Morgan fingerprint density at radius 3 is 2.63 bits per heavy atom. The second-order valence-electron chi connectivity index (χ2n) is 9.02. The Bertz CT molecular complexity index is 1480. The van der Waals surface area contributed by atoms with Gasteiger partial charge in [-0.25, -0.2) is 9.80 Å². The van der Waals surface area contributed by atoms with E-state index in [0.717, 1.165) is 10.4 Å². The highest BCUT2D eigenvalue weighted by molar-refractivity contribution is 7.17. The average Bonchev–Trinajstić information content (AvgIpc) is 3.62. The number of urea groups is 1. The molecule has 3 heterocycles. The van der Waals surface area contributed by atoms with Crippen molar-refractivity contribution >= 4 is 45.4 Å². The molecule has 1 atom stereocenters. The Kier molecular flexibility index (Phi) is 6.54. The van der Waals surface area contributed by atoms with Crippen LogP contribution in [0.25, 0.3) is 5.70 Å². The van der Waals surface area contributed by atoms with Gasteiger partial charge in [-0.3, -0.25) is 15.0 Å². The lowest BCUT2D eigenvalue weighted by Gasteiger charge is -2.27. The van der Waals surface area contributed by atoms with Gasteiger partial charge in [0.1, 0.15) is 11.7 Å². The molecule has 10 nitrogen and oxygen atoms in total. The molecule has 1 saturated heterocycles. The lowest BCUT2D eigenvalue weighted by atomic mass is 10.1. The SMILES string of the molecule is O=C(Cc1ccccc1)Nc1ccc(C2=C3C(=O)c4c(NC(=O)NN5CCOCC5)cccc4C3N=N2)s1. The number of hydrogen-bond acceptors (Lipinski definition) is 8. The van der Waals surface area contributed by atoms with Crippen LogP contribution < -0.4 is 16.1 Å². The Morgan fingerprint density at radius 1 is 1.00 bits per heavy atom. The van der Waals surface area contributed by atoms with Crippen molar-refractivity contribution in [1.29, 1.82) is 0 Å². The highest BCUT2D eigenvalue weighted by Gasteiger charge is 2.42. The summed E-state index contributed by atoms with van der Waals surface area (Å²) >= 11 is 1.34. The molecule has 1 fully saturated rings. The largest absolute Gasteiger partial charge is 0.379 e. The molecule has 2 aromatic carbocycles. The van der Waals surface area contributed by atoms with Gasteiger partial charge < -0.3 is 15.4 Å². The summed E-state index contributed by atoms with van der Waals surface area (Å²) in [7, 11) is 0. The molecular formula is C27H24N6O4S. The Labute approximate surface area is 222 Å². The smallest absolute Gasteiger partial charge is 0.333 e. The van der Waals surface area contributed by atoms with Crippen molar-refractivity contribution in [3.63, 3.8) is 0 Å². The minimum absolute atomic E-state index is 0.122. The van der Waals surface area contributed by atoms with Gasteiger partial charge in [-0.1, -0.05) is 42.5 Å². The maximum absolute atomic E-state index is 13.6. The van der Waals surface area contributed by atoms with Crippen molar-refractivity contribution in [3.05, 3.63) is 87.8 Å². The van der Waals surface area contributed by atoms with E-state index in [9.17, 15) is 14.4 Å². The summed E-state index contributed by atoms with van der Waals surface area (Å²) < 4.78 is 5.31. The first-order valence-corrected chi connectivity index (χ1v) is 13.1. The van der Waals surface area contributed by atoms with Crippen LogP contribution in [0.3, 0.4) is 0 Å². The molecule has 3 amide bonds. The Hall–Kier alpha value is -4.19. The monoisotopic (exact) mass is 528 g/mol. The number of azo groups is 1. The molecule has 192 valence electrons. The molecule has 2 aliphatic heterocycles. The quantitative estimate of drug-likeness (QED) is 0.437. The number of morpholine rings is 1. The van der Waals surface area contributed by atoms with Crippen molar-refractivity contribution in [2.75, 3.05) is 36.9 Å². The van der Waals surface area contributed by atoms with Gasteiger partial charge >= 0.3 is 6.03 Å². The summed E-state index contributed by atoms with van der Waals surface area (Å²) in [5.74, 6) is -0.334. The number of hydrogen-bond donors (Lipinski definition) is 3. The van der Waals surface area contributed by atoms with E-state index < -0.39 is 12.1 Å². The van der Waals surface area contributed by atoms with Gasteiger partial charge in [-0.2, -0.15) is 10.2 Å². The van der Waals surface area contributed by atoms with E-state index in [4.69, 9.17) is 4.74 Å². The van der Waals surface area contributed by atoms with Crippen molar-refractivity contribution in [1.82, 2.24) is 10.4 Å². The fourth-order valence-corrected chi connectivity index (χ4v) is 5.66. The van der Waals surface area contributed by atoms with Crippen LogP contribution in [0.4, 0.5) is 15.5 Å². The topological polar surface area (TPSA) is 124 Å². The number of nitrogens with zero attached hydrogens (tertiary/aromatic N) is 3. The third-order valence-corrected chi connectivity index (χ3v) is 7.50. The number of nitrogens with one attached hydrogen (secondary N) is 3. The molecule has 3 aliphatic rings. The highest BCUT2D eigenvalue weighted by atomic mass is 32.1. The van der Waals surface area contributed by atoms with Crippen LogP contribution in [0.5, 0.6) is 0 Å². The predicted molar refractivity (Wildman–Crippen MR) is 143 cm³/mol. The fourth-order valence-electron chi connectivity index (χ4n) is 4.74. The molecule has 3 aromatic rings. The standard InChI is InChI=1S/C27H24N6O4S/c34-20(15-16-5-2-1-3-6-16)29-21-10-9-19(38-21)25-23-24(30-31-25)17-7-4-8-18(22(17)26(23)35)28-27(36)32-33-11-13-37-14-12-33/h1-10,24H,11-15H2,(H,29,34)(H2,28,32,36). The van der Waals surface area contributed by atoms with Crippen LogP contribution in [0.15, 0.2) is 76.5 Å². The lowest BCUT2D eigenvalue weighted by Crippen LogP contribution is -2.49. The second-order valence-corrected chi connectivity index (χ2v) is 10.1. The van der Waals surface area contributed by atoms with Crippen LogP contribution in [-0.2, 0) is 16.0 Å². The van der Waals surface area contributed by atoms with Gasteiger partial charge in [0.15, 0.2) is 5.78 Å². The lowest BCUT2D eigenvalue weighted by molar-refractivity contribution is -0.115. The first-order valence-electron chi connectivity index (χ1n) is 12.2. The van der Waals surface area contributed by atoms with E-state index in [1.54, 1.807) is 23.2 Å². The number of hydrazine groups is 1. The number of carbonyl (C=O) groups is 3. The summed E-state index contributed by atoms with van der Waals surface area (Å²) in [5, 5.41) is 16.9. The number of ketones is 1. The molecule has 0 bridgehead atoms. The maximum atomic E-state index is 13.6. The van der Waals surface area contributed by atoms with E-state index in [1.165, 1.54) is 11.3 Å². The number of thiophene rings is 1. The van der Waals surface area contributed by atoms with Crippen molar-refractivity contribution in [3.8, 4) is 0 Å². The summed E-state index contributed by atoms with van der Waals surface area (Å²) in [6, 6.07) is 17.5. The summed E-state index contributed by atoms with van der Waals surface area (Å²) in [6.07, 6.45) is 0.270. The number of amides is 3. The maximum Gasteiger partial charge on any atom is 0.333 e. The molecule has 1 aliphatic carbocycles. The van der Waals surface area contributed by atoms with E-state index in [0.29, 0.717) is 59.4 Å². The van der Waals surface area contributed by atoms with Gasteiger partial charge in [0.2, 0.25) is 5.91 Å². The molecule has 0 saturated carbocycles. The summed E-state index contributed by atoms with van der Waals surface area (Å²) in [6.45, 7) is 2.27. The first-order chi connectivity index (χ1) is 18.6. The number of anilines is 2. The number of fused-ring (bicyclic) bond motifs is 3. The minimum atomic E-state index is -0.519. The van der Waals surface area contributed by atoms with E-state index in [2.05, 4.69) is 26.3 Å². The molecule has 3 N–H and O–H groups in total. The zero-order chi connectivity index (χ0) is 26.1. The zero-order valence-corrected chi connectivity index (χ0v) is 21.1. The molecular weight excluding hydrogens is 504 g/mol. The minimum Gasteiger partial charge on any atom is -0.379 e. The summed E-state index contributed by atoms with van der Waals surface area (Å²) in [4.78, 5) is 39.4. The third kappa shape index (κ3) is 4.74. The van der Waals surface area contributed by atoms with Gasteiger partial charge in [0, 0.05) is 13.1 Å². The van der Waals surface area contributed by atoms with Gasteiger partial charge in [0.25, 0.3) is 0 Å². The van der Waals surface area contributed by atoms with E-state index in [-0.39, 0.29) is 18.1 Å². The molecule has 0 radical (unpaired) electrons. The van der Waals surface area contributed by atoms with E-state index in [1.807, 2.05) is 42.5 Å². The van der Waals surface area contributed by atoms with Crippen LogP contribution in [0.1, 0.15) is 32.4 Å². The zero-order valence-electron chi connectivity index (χ0n) is 20.3. The second kappa shape index (κ2) is 10.3. The van der Waals surface area contributed by atoms with Crippen molar-refractivity contribution < 1.29 is 19.1 Å².